The predicted molar refractivity (Wildman–Crippen MR) is 123 cm³/mol. The van der Waals surface area contributed by atoms with Crippen molar-refractivity contribution in [1.29, 1.82) is 0 Å². The van der Waals surface area contributed by atoms with Gasteiger partial charge in [0.2, 0.25) is 0 Å². The molecule has 28 heavy (non-hydrogen) atoms. The smallest absolute Gasteiger partial charge is 0.290 e. The summed E-state index contributed by atoms with van der Waals surface area (Å²) in [6, 6.07) is 9.70. The van der Waals surface area contributed by atoms with Crippen LogP contribution in [-0.4, -0.2) is 36.0 Å². The van der Waals surface area contributed by atoms with E-state index in [1.54, 1.807) is 6.07 Å². The Bertz CT molecular complexity index is 896. The van der Waals surface area contributed by atoms with E-state index in [-0.39, 0.29) is 11.0 Å². The molecule has 4 nitrogen and oxygen atoms in total. The number of amidine groups is 1. The summed E-state index contributed by atoms with van der Waals surface area (Å²) in [6.07, 6.45) is 1.00. The average Bonchev–Trinajstić information content (AvgIpc) is 2.65. The molecule has 0 aliphatic rings. The summed E-state index contributed by atoms with van der Waals surface area (Å²) < 4.78 is 5.79. The molecular weight excluding hydrogens is 390 g/mol. The SMILES string of the molecule is CCN(C)CCc1cc(C)c(OC(=S)N=C(N)c2ccc(C)c(Cl)c2)cc1C. The molecule has 0 heterocycles. The van der Waals surface area contributed by atoms with Crippen LogP contribution in [0.15, 0.2) is 35.3 Å². The molecule has 2 aromatic rings. The summed E-state index contributed by atoms with van der Waals surface area (Å²) >= 11 is 11.4. The monoisotopic (exact) mass is 417 g/mol. The number of benzene rings is 2. The minimum absolute atomic E-state index is 0.0789. The Hall–Kier alpha value is -1.95. The van der Waals surface area contributed by atoms with Crippen LogP contribution < -0.4 is 10.5 Å². The van der Waals surface area contributed by atoms with Crippen LogP contribution in [0.4, 0.5) is 0 Å². The van der Waals surface area contributed by atoms with Crippen LogP contribution in [0.3, 0.4) is 0 Å². The van der Waals surface area contributed by atoms with Crippen LogP contribution in [0, 0.1) is 20.8 Å². The Morgan fingerprint density at radius 2 is 1.86 bits per heavy atom. The van der Waals surface area contributed by atoms with Gasteiger partial charge < -0.3 is 15.4 Å². The zero-order chi connectivity index (χ0) is 20.8. The van der Waals surface area contributed by atoms with E-state index < -0.39 is 0 Å². The molecule has 0 saturated carbocycles. The van der Waals surface area contributed by atoms with Crippen molar-refractivity contribution in [3.63, 3.8) is 0 Å². The number of likely N-dealkylation sites (N-methyl/N-ethyl adjacent to an activating group) is 1. The first-order chi connectivity index (χ1) is 13.2. The highest BCUT2D eigenvalue weighted by atomic mass is 35.5. The molecule has 0 aliphatic carbocycles. The number of ether oxygens (including phenoxy) is 1. The molecule has 0 spiro atoms. The van der Waals surface area contributed by atoms with Gasteiger partial charge in [-0.3, -0.25) is 0 Å². The highest BCUT2D eigenvalue weighted by Crippen LogP contribution is 2.24. The van der Waals surface area contributed by atoms with E-state index in [2.05, 4.69) is 36.9 Å². The maximum atomic E-state index is 6.15. The highest BCUT2D eigenvalue weighted by Gasteiger charge is 2.10. The van der Waals surface area contributed by atoms with Gasteiger partial charge in [0.15, 0.2) is 0 Å². The van der Waals surface area contributed by atoms with Crippen molar-refractivity contribution in [3.8, 4) is 5.75 Å². The molecule has 0 unspecified atom stereocenters. The predicted octanol–water partition coefficient (Wildman–Crippen LogP) is 4.83. The van der Waals surface area contributed by atoms with Crippen molar-refractivity contribution in [1.82, 2.24) is 4.90 Å². The van der Waals surface area contributed by atoms with Gasteiger partial charge >= 0.3 is 0 Å². The third-order valence-corrected chi connectivity index (χ3v) is 5.39. The molecule has 6 heteroatoms. The van der Waals surface area contributed by atoms with Crippen molar-refractivity contribution in [3.05, 3.63) is 63.2 Å². The number of halogens is 1. The lowest BCUT2D eigenvalue weighted by Gasteiger charge is -2.16. The van der Waals surface area contributed by atoms with Crippen LogP contribution in [-0.2, 0) is 6.42 Å². The normalized spacial score (nSPS) is 11.8. The fourth-order valence-corrected chi connectivity index (χ4v) is 3.10. The number of thiocarbonyl (C=S) groups is 1. The highest BCUT2D eigenvalue weighted by molar-refractivity contribution is 7.80. The van der Waals surface area contributed by atoms with Crippen LogP contribution in [0.25, 0.3) is 0 Å². The van der Waals surface area contributed by atoms with Gasteiger partial charge in [0.05, 0.1) is 0 Å². The van der Waals surface area contributed by atoms with E-state index in [1.807, 2.05) is 32.0 Å². The van der Waals surface area contributed by atoms with Crippen LogP contribution in [0.2, 0.25) is 5.02 Å². The topological polar surface area (TPSA) is 50.8 Å². The van der Waals surface area contributed by atoms with E-state index in [1.165, 1.54) is 11.1 Å². The molecule has 0 atom stereocenters. The van der Waals surface area contributed by atoms with Gasteiger partial charge in [-0.1, -0.05) is 36.7 Å². The van der Waals surface area contributed by atoms with Crippen molar-refractivity contribution >= 4 is 34.8 Å². The molecule has 0 saturated heterocycles. The molecule has 0 aromatic heterocycles. The van der Waals surface area contributed by atoms with E-state index in [4.69, 9.17) is 34.3 Å². The molecule has 0 bridgehead atoms. The largest absolute Gasteiger partial charge is 0.430 e. The Balaban J connectivity index is 2.12. The van der Waals surface area contributed by atoms with Crippen LogP contribution in [0.1, 0.15) is 34.7 Å². The summed E-state index contributed by atoms with van der Waals surface area (Å²) in [5, 5.41) is 0.716. The van der Waals surface area contributed by atoms with Gasteiger partial charge in [-0.2, -0.15) is 4.99 Å². The minimum Gasteiger partial charge on any atom is -0.430 e. The Kier molecular flexibility index (Phi) is 7.98. The number of rotatable bonds is 6. The molecule has 0 fully saturated rings. The number of aliphatic imine (C=N–C) groups is 1. The van der Waals surface area contributed by atoms with Crippen molar-refractivity contribution in [2.75, 3.05) is 20.1 Å². The third kappa shape index (κ3) is 6.03. The minimum atomic E-state index is 0.0789. The van der Waals surface area contributed by atoms with Gasteiger partial charge in [-0.25, -0.2) is 0 Å². The number of hydrogen-bond donors (Lipinski definition) is 1. The lowest BCUT2D eigenvalue weighted by Crippen LogP contribution is -2.20. The maximum absolute atomic E-state index is 6.15. The zero-order valence-corrected chi connectivity index (χ0v) is 18.7. The summed E-state index contributed by atoms with van der Waals surface area (Å²) in [6.45, 7) is 10.3. The summed E-state index contributed by atoms with van der Waals surface area (Å²) in [7, 11) is 2.13. The molecule has 2 rings (SSSR count). The Morgan fingerprint density at radius 3 is 2.50 bits per heavy atom. The number of nitrogens with zero attached hydrogens (tertiary/aromatic N) is 2. The summed E-state index contributed by atoms with van der Waals surface area (Å²) in [4.78, 5) is 6.51. The number of nitrogens with two attached hydrogens (primary N) is 1. The summed E-state index contributed by atoms with van der Waals surface area (Å²) in [5.74, 6) is 0.981. The lowest BCUT2D eigenvalue weighted by atomic mass is 10.0. The first-order valence-electron chi connectivity index (χ1n) is 9.32. The third-order valence-electron chi connectivity index (χ3n) is 4.81. The van der Waals surface area contributed by atoms with Gasteiger partial charge in [-0.15, -0.1) is 0 Å². The maximum Gasteiger partial charge on any atom is 0.290 e. The first kappa shape index (κ1) is 22.3. The number of aryl methyl sites for hydroxylation is 3. The van der Waals surface area contributed by atoms with Crippen molar-refractivity contribution in [2.45, 2.75) is 34.1 Å². The number of hydrogen-bond acceptors (Lipinski definition) is 3. The van der Waals surface area contributed by atoms with Gasteiger partial charge in [0, 0.05) is 17.1 Å². The van der Waals surface area contributed by atoms with Gasteiger partial charge in [0.25, 0.3) is 5.17 Å². The van der Waals surface area contributed by atoms with Crippen molar-refractivity contribution in [2.24, 2.45) is 10.7 Å². The molecule has 0 aliphatic heterocycles. The fraction of sp³-hybridized carbons (Fsp3) is 0.364. The van der Waals surface area contributed by atoms with E-state index in [0.29, 0.717) is 16.3 Å². The second kappa shape index (κ2) is 10.0. The second-order valence-corrected chi connectivity index (χ2v) is 7.78. The van der Waals surface area contributed by atoms with Gasteiger partial charge in [-0.05, 0) is 87.4 Å². The van der Waals surface area contributed by atoms with Gasteiger partial charge in [0.1, 0.15) is 11.6 Å². The molecular formula is C22H28ClN3OS. The fourth-order valence-electron chi connectivity index (χ4n) is 2.73. The average molecular weight is 418 g/mol. The first-order valence-corrected chi connectivity index (χ1v) is 10.1. The quantitative estimate of drug-likeness (QED) is 0.415. The van der Waals surface area contributed by atoms with Crippen LogP contribution in [0.5, 0.6) is 5.75 Å². The summed E-state index contributed by atoms with van der Waals surface area (Å²) in [5.41, 5.74) is 11.3. The molecule has 150 valence electrons. The van der Waals surface area contributed by atoms with E-state index >= 15 is 0 Å². The van der Waals surface area contributed by atoms with Crippen LogP contribution >= 0.6 is 23.8 Å². The second-order valence-electron chi connectivity index (χ2n) is 7.02. The zero-order valence-electron chi connectivity index (χ0n) is 17.2. The van der Waals surface area contributed by atoms with Crippen molar-refractivity contribution < 1.29 is 4.74 Å². The van der Waals surface area contributed by atoms with E-state index in [9.17, 15) is 0 Å². The standard InChI is InChI=1S/C22H28ClN3OS/c1-6-26(5)10-9-17-11-16(4)20(12-15(17)3)27-22(28)25-21(24)18-8-7-14(2)19(23)13-18/h7-8,11-13H,6,9-10H2,1-5H3,(H2,24,25,28). The van der Waals surface area contributed by atoms with E-state index in [0.717, 1.165) is 30.6 Å². The molecule has 0 radical (unpaired) electrons. The molecule has 2 N–H and O–H groups in total. The molecule has 2 aromatic carbocycles. The lowest BCUT2D eigenvalue weighted by molar-refractivity contribution is 0.357. The molecule has 0 amide bonds. The Morgan fingerprint density at radius 1 is 1.14 bits per heavy atom. The Labute approximate surface area is 178 Å².